The number of benzene rings is 2. The molecule has 0 aliphatic heterocycles. The van der Waals surface area contributed by atoms with Crippen molar-refractivity contribution in [3.8, 4) is 11.1 Å². The number of nitro benzene ring substituents is 1. The highest BCUT2D eigenvalue weighted by Gasteiger charge is 2.16. The SMILES string of the molecule is CCc1ccc(-c2csc3ncnc(Nc4cc([N+](=O)[O-])ccc4Br)c23)cc1. The van der Waals surface area contributed by atoms with Crippen LogP contribution >= 0.6 is 27.3 Å². The number of halogens is 1. The first kappa shape index (κ1) is 18.5. The van der Waals surface area contributed by atoms with E-state index < -0.39 is 4.92 Å². The number of thiophene rings is 1. The topological polar surface area (TPSA) is 81.0 Å². The normalized spacial score (nSPS) is 10.9. The molecule has 0 atom stereocenters. The summed E-state index contributed by atoms with van der Waals surface area (Å²) in [5, 5.41) is 17.3. The van der Waals surface area contributed by atoms with Crippen molar-refractivity contribution in [3.05, 3.63) is 74.3 Å². The molecule has 1 N–H and O–H groups in total. The van der Waals surface area contributed by atoms with Crippen LogP contribution in [-0.4, -0.2) is 14.9 Å². The van der Waals surface area contributed by atoms with Gasteiger partial charge >= 0.3 is 0 Å². The third-order valence-electron chi connectivity index (χ3n) is 4.46. The van der Waals surface area contributed by atoms with E-state index in [0.29, 0.717) is 16.0 Å². The molecule has 140 valence electrons. The average molecular weight is 455 g/mol. The van der Waals surface area contributed by atoms with Crippen molar-refractivity contribution < 1.29 is 4.92 Å². The Balaban J connectivity index is 1.81. The van der Waals surface area contributed by atoms with Crippen LogP contribution in [0.2, 0.25) is 0 Å². The molecule has 0 unspecified atom stereocenters. The first-order chi connectivity index (χ1) is 13.6. The molecule has 0 bridgehead atoms. The number of aryl methyl sites for hydroxylation is 1. The molecule has 6 nitrogen and oxygen atoms in total. The van der Waals surface area contributed by atoms with Crippen molar-refractivity contribution in [2.24, 2.45) is 0 Å². The number of hydrogen-bond acceptors (Lipinski definition) is 6. The second kappa shape index (κ2) is 7.65. The minimum absolute atomic E-state index is 0.0108. The lowest BCUT2D eigenvalue weighted by Gasteiger charge is -2.10. The molecule has 2 aromatic carbocycles. The molecular weight excluding hydrogens is 440 g/mol. The highest BCUT2D eigenvalue weighted by atomic mass is 79.9. The summed E-state index contributed by atoms with van der Waals surface area (Å²) in [6.07, 6.45) is 2.48. The summed E-state index contributed by atoms with van der Waals surface area (Å²) in [7, 11) is 0. The van der Waals surface area contributed by atoms with Gasteiger partial charge in [-0.15, -0.1) is 11.3 Å². The van der Waals surface area contributed by atoms with Gasteiger partial charge in [-0.3, -0.25) is 10.1 Å². The van der Waals surface area contributed by atoms with Crippen LogP contribution in [-0.2, 0) is 6.42 Å². The van der Waals surface area contributed by atoms with Gasteiger partial charge in [-0.1, -0.05) is 31.2 Å². The van der Waals surface area contributed by atoms with E-state index in [1.54, 1.807) is 17.4 Å². The molecule has 0 spiro atoms. The Bertz CT molecular complexity index is 1170. The Morgan fingerprint density at radius 1 is 1.18 bits per heavy atom. The van der Waals surface area contributed by atoms with Gasteiger partial charge in [-0.25, -0.2) is 9.97 Å². The molecule has 0 radical (unpaired) electrons. The van der Waals surface area contributed by atoms with Gasteiger partial charge in [0.1, 0.15) is 17.0 Å². The van der Waals surface area contributed by atoms with Crippen molar-refractivity contribution in [2.45, 2.75) is 13.3 Å². The van der Waals surface area contributed by atoms with Gasteiger partial charge in [0.25, 0.3) is 5.69 Å². The summed E-state index contributed by atoms with van der Waals surface area (Å²) in [5.74, 6) is 0.613. The number of fused-ring (bicyclic) bond motifs is 1. The molecule has 0 aliphatic carbocycles. The number of aromatic nitrogens is 2. The number of nitro groups is 1. The second-order valence-corrected chi connectivity index (χ2v) is 7.86. The Kier molecular flexibility index (Phi) is 5.06. The van der Waals surface area contributed by atoms with E-state index in [4.69, 9.17) is 0 Å². The fourth-order valence-corrected chi connectivity index (χ4v) is 4.21. The first-order valence-electron chi connectivity index (χ1n) is 8.59. The molecule has 0 aliphatic rings. The molecule has 4 rings (SSSR count). The highest BCUT2D eigenvalue weighted by molar-refractivity contribution is 9.10. The zero-order chi connectivity index (χ0) is 19.7. The smallest absolute Gasteiger partial charge is 0.271 e. The third-order valence-corrected chi connectivity index (χ3v) is 6.04. The van der Waals surface area contributed by atoms with Gasteiger partial charge < -0.3 is 5.32 Å². The Labute approximate surface area is 173 Å². The zero-order valence-electron chi connectivity index (χ0n) is 14.8. The number of hydrogen-bond donors (Lipinski definition) is 1. The summed E-state index contributed by atoms with van der Waals surface area (Å²) >= 11 is 4.99. The Hall–Kier alpha value is -2.84. The number of nitrogens with zero attached hydrogens (tertiary/aromatic N) is 3. The molecule has 0 saturated heterocycles. The largest absolute Gasteiger partial charge is 0.338 e. The van der Waals surface area contributed by atoms with Gasteiger partial charge in [-0.05, 0) is 39.5 Å². The Morgan fingerprint density at radius 2 is 1.96 bits per heavy atom. The maximum absolute atomic E-state index is 11.1. The molecule has 8 heteroatoms. The van der Waals surface area contributed by atoms with Crippen molar-refractivity contribution in [3.63, 3.8) is 0 Å². The van der Waals surface area contributed by atoms with E-state index in [9.17, 15) is 10.1 Å². The zero-order valence-corrected chi connectivity index (χ0v) is 17.3. The lowest BCUT2D eigenvalue weighted by atomic mass is 10.0. The maximum atomic E-state index is 11.1. The molecule has 4 aromatic rings. The van der Waals surface area contributed by atoms with Crippen LogP contribution in [0.25, 0.3) is 21.3 Å². The van der Waals surface area contributed by atoms with Crippen LogP contribution in [0.15, 0.2) is 58.6 Å². The quantitative estimate of drug-likeness (QED) is 0.281. The van der Waals surface area contributed by atoms with E-state index >= 15 is 0 Å². The number of rotatable bonds is 5. The van der Waals surface area contributed by atoms with Crippen LogP contribution in [0, 0.1) is 10.1 Å². The lowest BCUT2D eigenvalue weighted by Crippen LogP contribution is -1.98. The fourth-order valence-electron chi connectivity index (χ4n) is 2.95. The van der Waals surface area contributed by atoms with Crippen molar-refractivity contribution >= 4 is 54.7 Å². The van der Waals surface area contributed by atoms with E-state index in [-0.39, 0.29) is 5.69 Å². The van der Waals surface area contributed by atoms with Crippen LogP contribution in [0.1, 0.15) is 12.5 Å². The van der Waals surface area contributed by atoms with Gasteiger partial charge in [0, 0.05) is 27.5 Å². The van der Waals surface area contributed by atoms with Crippen LogP contribution < -0.4 is 5.32 Å². The average Bonchev–Trinajstić information content (AvgIpc) is 3.14. The van der Waals surface area contributed by atoms with Gasteiger partial charge in [0.15, 0.2) is 0 Å². The molecule has 0 saturated carbocycles. The monoisotopic (exact) mass is 454 g/mol. The third kappa shape index (κ3) is 3.48. The number of non-ortho nitro benzene ring substituents is 1. The predicted octanol–water partition coefficient (Wildman–Crippen LogP) is 6.34. The van der Waals surface area contributed by atoms with Gasteiger partial charge in [0.2, 0.25) is 0 Å². The van der Waals surface area contributed by atoms with Gasteiger partial charge in [0.05, 0.1) is 16.0 Å². The van der Waals surface area contributed by atoms with Crippen LogP contribution in [0.4, 0.5) is 17.2 Å². The Morgan fingerprint density at radius 3 is 2.68 bits per heavy atom. The summed E-state index contributed by atoms with van der Waals surface area (Å²) in [6.45, 7) is 2.13. The predicted molar refractivity (Wildman–Crippen MR) is 116 cm³/mol. The summed E-state index contributed by atoms with van der Waals surface area (Å²) < 4.78 is 0.717. The van der Waals surface area contributed by atoms with E-state index in [0.717, 1.165) is 27.8 Å². The minimum atomic E-state index is -0.418. The minimum Gasteiger partial charge on any atom is -0.338 e. The molecule has 2 heterocycles. The van der Waals surface area contributed by atoms with Crippen LogP contribution in [0.5, 0.6) is 0 Å². The number of nitrogens with one attached hydrogen (secondary N) is 1. The van der Waals surface area contributed by atoms with E-state index in [1.807, 2.05) is 0 Å². The standard InChI is InChI=1S/C20H15BrN4O2S/c1-2-12-3-5-13(6-4-12)15-10-28-20-18(15)19(22-11-23-20)24-17-9-14(25(26)27)7-8-16(17)21/h3-11H,2H2,1H3,(H,22,23,24). The first-order valence-corrected chi connectivity index (χ1v) is 10.3. The van der Waals surface area contributed by atoms with Crippen molar-refractivity contribution in [1.82, 2.24) is 9.97 Å². The van der Waals surface area contributed by atoms with Gasteiger partial charge in [-0.2, -0.15) is 0 Å². The van der Waals surface area contributed by atoms with Crippen molar-refractivity contribution in [1.29, 1.82) is 0 Å². The molecular formula is C20H15BrN4O2S. The molecule has 28 heavy (non-hydrogen) atoms. The molecule has 0 fully saturated rings. The van der Waals surface area contributed by atoms with E-state index in [2.05, 4.69) is 67.8 Å². The highest BCUT2D eigenvalue weighted by Crippen LogP contribution is 2.38. The maximum Gasteiger partial charge on any atom is 0.271 e. The molecule has 0 amide bonds. The van der Waals surface area contributed by atoms with Crippen LogP contribution in [0.3, 0.4) is 0 Å². The second-order valence-electron chi connectivity index (χ2n) is 6.15. The summed E-state index contributed by atoms with van der Waals surface area (Å²) in [6, 6.07) is 13.0. The van der Waals surface area contributed by atoms with Crippen molar-refractivity contribution in [2.75, 3.05) is 5.32 Å². The number of anilines is 2. The summed E-state index contributed by atoms with van der Waals surface area (Å²) in [5.41, 5.74) is 3.98. The molecule has 2 aromatic heterocycles. The summed E-state index contributed by atoms with van der Waals surface area (Å²) in [4.78, 5) is 20.3. The van der Waals surface area contributed by atoms with E-state index in [1.165, 1.54) is 24.0 Å². The lowest BCUT2D eigenvalue weighted by molar-refractivity contribution is -0.384. The fraction of sp³-hybridized carbons (Fsp3) is 0.100.